The van der Waals surface area contributed by atoms with Gasteiger partial charge in [-0.3, -0.25) is 0 Å². The summed E-state index contributed by atoms with van der Waals surface area (Å²) in [6, 6.07) is 0. The quantitative estimate of drug-likeness (QED) is 0.228. The Morgan fingerprint density at radius 2 is 1.93 bits per heavy atom. The Morgan fingerprint density at radius 1 is 1.50 bits per heavy atom. The average molecular weight is 232 g/mol. The van der Waals surface area contributed by atoms with Crippen LogP contribution in [0.15, 0.2) is 12.2 Å². The largest absolute Gasteiger partial charge is 1.00 e. The summed E-state index contributed by atoms with van der Waals surface area (Å²) < 4.78 is 34.4. The summed E-state index contributed by atoms with van der Waals surface area (Å²) in [4.78, 5) is 10.6. The second-order valence-electron chi connectivity index (χ2n) is 2.18. The molecule has 5 nitrogen and oxygen atoms in total. The minimum Gasteiger partial charge on any atom is -0.748 e. The van der Waals surface area contributed by atoms with Gasteiger partial charge in [-0.15, -0.1) is 0 Å². The Morgan fingerprint density at radius 3 is 2.21 bits per heavy atom. The minimum absolute atomic E-state index is 0. The van der Waals surface area contributed by atoms with Gasteiger partial charge in [-0.05, 0) is 6.92 Å². The maximum absolute atomic E-state index is 10.6. The van der Waals surface area contributed by atoms with E-state index in [1.807, 2.05) is 0 Å². The molecule has 0 atom stereocenters. The van der Waals surface area contributed by atoms with Crippen molar-refractivity contribution in [1.82, 2.24) is 0 Å². The Bertz CT molecular complexity index is 282. The molecule has 0 spiro atoms. The Labute approximate surface area is 107 Å². The van der Waals surface area contributed by atoms with Crippen LogP contribution in [0.25, 0.3) is 0 Å². The van der Waals surface area contributed by atoms with E-state index in [9.17, 15) is 17.8 Å². The van der Waals surface area contributed by atoms with Crippen molar-refractivity contribution in [1.29, 1.82) is 0 Å². The first-order chi connectivity index (χ1) is 5.33. The zero-order chi connectivity index (χ0) is 9.78. The summed E-state index contributed by atoms with van der Waals surface area (Å²) >= 11 is 0. The van der Waals surface area contributed by atoms with E-state index < -0.39 is 28.4 Å². The fourth-order valence-corrected chi connectivity index (χ4v) is 0.647. The van der Waals surface area contributed by atoms with Gasteiger partial charge < -0.3 is 9.29 Å². The van der Waals surface area contributed by atoms with E-state index in [1.165, 1.54) is 6.92 Å². The van der Waals surface area contributed by atoms with Crippen molar-refractivity contribution in [2.45, 2.75) is 14.4 Å². The maximum atomic E-state index is 10.6. The van der Waals surface area contributed by atoms with E-state index in [0.717, 1.165) is 0 Å². The number of hydrogen-bond acceptors (Lipinski definition) is 5. The van der Waals surface area contributed by atoms with Gasteiger partial charge in [0, 0.05) is 5.57 Å². The Kier molecular flexibility index (Phi) is 11.8. The predicted octanol–water partition coefficient (Wildman–Crippen LogP) is -2.71. The van der Waals surface area contributed by atoms with Crippen molar-refractivity contribution >= 4 is 16.1 Å². The van der Waals surface area contributed by atoms with E-state index in [0.29, 0.717) is 0 Å². The van der Waals surface area contributed by atoms with Crippen LogP contribution in [0.4, 0.5) is 0 Å². The minimum atomic E-state index is -4.30. The van der Waals surface area contributed by atoms with Crippen LogP contribution in [0.1, 0.15) is 14.4 Å². The number of hydrogen-bond donors (Lipinski definition) is 0. The van der Waals surface area contributed by atoms with Gasteiger partial charge >= 0.3 is 35.5 Å². The molecule has 0 aliphatic heterocycles. The molecule has 0 amide bonds. The van der Waals surface area contributed by atoms with E-state index in [1.54, 1.807) is 0 Å². The SMILES string of the molecule is C.C=C(C)C(=O)OCCS(=O)(=O)[O-].[Na+]. The molecule has 0 radical (unpaired) electrons. The van der Waals surface area contributed by atoms with Gasteiger partial charge in [0.1, 0.15) is 6.61 Å². The topological polar surface area (TPSA) is 83.5 Å². The van der Waals surface area contributed by atoms with E-state index in [2.05, 4.69) is 11.3 Å². The zero-order valence-electron chi connectivity index (χ0n) is 7.57. The molecule has 0 aliphatic rings. The van der Waals surface area contributed by atoms with Crippen LogP contribution >= 0.6 is 0 Å². The van der Waals surface area contributed by atoms with Crippen molar-refractivity contribution in [3.63, 3.8) is 0 Å². The fourth-order valence-electron chi connectivity index (χ4n) is 0.360. The van der Waals surface area contributed by atoms with E-state index >= 15 is 0 Å². The molecule has 0 aliphatic carbocycles. The second-order valence-corrected chi connectivity index (χ2v) is 3.70. The van der Waals surface area contributed by atoms with Gasteiger partial charge in [0.25, 0.3) is 0 Å². The van der Waals surface area contributed by atoms with E-state index in [4.69, 9.17) is 0 Å². The third-order valence-electron chi connectivity index (χ3n) is 0.915. The number of carbonyl (C=O) groups excluding carboxylic acids is 1. The maximum Gasteiger partial charge on any atom is 1.00 e. The van der Waals surface area contributed by atoms with Gasteiger partial charge in [-0.2, -0.15) is 0 Å². The van der Waals surface area contributed by atoms with Gasteiger partial charge in [-0.1, -0.05) is 14.0 Å². The number of ether oxygens (including phenoxy) is 1. The predicted molar refractivity (Wildman–Crippen MR) is 47.1 cm³/mol. The van der Waals surface area contributed by atoms with Crippen LogP contribution in [0.2, 0.25) is 0 Å². The molecule has 0 unspecified atom stereocenters. The van der Waals surface area contributed by atoms with Crippen LogP contribution in [-0.2, 0) is 19.6 Å². The molecule has 0 aromatic rings. The first-order valence-electron chi connectivity index (χ1n) is 3.09. The molecular formula is C7H13NaO5S. The van der Waals surface area contributed by atoms with Crippen molar-refractivity contribution < 1.29 is 52.1 Å². The Hall–Kier alpha value is 0.120. The van der Waals surface area contributed by atoms with Crippen molar-refractivity contribution in [2.75, 3.05) is 12.4 Å². The van der Waals surface area contributed by atoms with Gasteiger partial charge in [-0.25, -0.2) is 13.2 Å². The van der Waals surface area contributed by atoms with Gasteiger partial charge in [0.2, 0.25) is 0 Å². The van der Waals surface area contributed by atoms with Crippen molar-refractivity contribution in [3.8, 4) is 0 Å². The average Bonchev–Trinajstić information content (AvgIpc) is 1.84. The van der Waals surface area contributed by atoms with Gasteiger partial charge in [0.15, 0.2) is 0 Å². The summed E-state index contributed by atoms with van der Waals surface area (Å²) in [5.41, 5.74) is 0.165. The van der Waals surface area contributed by atoms with Crippen LogP contribution in [0, 0.1) is 0 Å². The number of esters is 1. The normalized spacial score (nSPS) is 9.29. The third kappa shape index (κ3) is 12.1. The molecule has 14 heavy (non-hydrogen) atoms. The molecule has 0 N–H and O–H groups in total. The zero-order valence-corrected chi connectivity index (χ0v) is 10.4. The number of carbonyl (C=O) groups is 1. The summed E-state index contributed by atoms with van der Waals surface area (Å²) in [6.45, 7) is 4.27. The summed E-state index contributed by atoms with van der Waals surface area (Å²) in [5, 5.41) is 0. The molecule has 0 aromatic heterocycles. The molecule has 78 valence electrons. The van der Waals surface area contributed by atoms with Crippen LogP contribution in [-0.4, -0.2) is 31.3 Å². The third-order valence-corrected chi connectivity index (χ3v) is 1.58. The molecule has 0 saturated carbocycles. The summed E-state index contributed by atoms with van der Waals surface area (Å²) in [6.07, 6.45) is 0. The van der Waals surface area contributed by atoms with Crippen LogP contribution in [0.3, 0.4) is 0 Å². The molecule has 0 saturated heterocycles. The monoisotopic (exact) mass is 232 g/mol. The van der Waals surface area contributed by atoms with Crippen LogP contribution in [0.5, 0.6) is 0 Å². The fraction of sp³-hybridized carbons (Fsp3) is 0.571. The molecule has 0 bridgehead atoms. The van der Waals surface area contributed by atoms with Crippen molar-refractivity contribution in [2.24, 2.45) is 0 Å². The van der Waals surface area contributed by atoms with Gasteiger partial charge in [0.05, 0.1) is 15.9 Å². The molecule has 0 fully saturated rings. The molecule has 0 rings (SSSR count). The summed E-state index contributed by atoms with van der Waals surface area (Å²) in [5.74, 6) is -1.40. The molecule has 0 aromatic carbocycles. The molecular weight excluding hydrogens is 219 g/mol. The number of rotatable bonds is 4. The Balaban J connectivity index is -0.000000605. The standard InChI is InChI=1S/C6H10O5S.CH4.Na/c1-5(2)6(7)11-3-4-12(8,9)10;;/h1,3-4H2,2H3,(H,8,9,10);1H4;/q;;+1/p-1. The summed E-state index contributed by atoms with van der Waals surface area (Å²) in [7, 11) is -4.30. The van der Waals surface area contributed by atoms with E-state index in [-0.39, 0.29) is 42.6 Å². The smallest absolute Gasteiger partial charge is 0.748 e. The molecule has 0 heterocycles. The molecule has 7 heteroatoms. The second kappa shape index (κ2) is 8.43. The van der Waals surface area contributed by atoms with Crippen molar-refractivity contribution in [3.05, 3.63) is 12.2 Å². The first-order valence-corrected chi connectivity index (χ1v) is 4.67. The van der Waals surface area contributed by atoms with Crippen LogP contribution < -0.4 is 29.6 Å². The first kappa shape index (κ1) is 19.7.